The lowest BCUT2D eigenvalue weighted by Gasteiger charge is -2.03. The second kappa shape index (κ2) is 4.10. The van der Waals surface area contributed by atoms with Crippen LogP contribution in [0.2, 0.25) is 0 Å². The van der Waals surface area contributed by atoms with Crippen molar-refractivity contribution in [3.8, 4) is 0 Å². The Morgan fingerprint density at radius 3 is 1.86 bits per heavy atom. The van der Waals surface area contributed by atoms with Crippen molar-refractivity contribution >= 4 is 11.6 Å². The van der Waals surface area contributed by atoms with Crippen LogP contribution in [0, 0.1) is 15.5 Å². The largest absolute Gasteiger partial charge is 0.293 e. The van der Waals surface area contributed by atoms with Crippen molar-refractivity contribution in [1.29, 1.82) is 0 Å². The molecular formula is C17H11NO4. The molecule has 0 unspecified atom stereocenters. The minimum absolute atomic E-state index is 0.304. The Bertz CT molecular complexity index is 793. The van der Waals surface area contributed by atoms with Crippen LogP contribution in [0.3, 0.4) is 0 Å². The minimum Gasteiger partial charge on any atom is -0.293 e. The fourth-order valence-electron chi connectivity index (χ4n) is 3.74. The lowest BCUT2D eigenvalue weighted by atomic mass is 9.93. The molecule has 2 aliphatic carbocycles. The fraction of sp³-hybridized carbons (Fsp3) is 0.176. The van der Waals surface area contributed by atoms with Crippen LogP contribution >= 0.6 is 0 Å². The van der Waals surface area contributed by atoms with Crippen LogP contribution in [0.5, 0.6) is 0 Å². The van der Waals surface area contributed by atoms with Crippen molar-refractivity contribution in [2.75, 3.05) is 0 Å². The summed E-state index contributed by atoms with van der Waals surface area (Å²) in [5, 5.41) is 11.4. The van der Waals surface area contributed by atoms with E-state index in [0.717, 1.165) is 0 Å². The summed E-state index contributed by atoms with van der Waals surface area (Å²) in [5.74, 6) is -1.51. The first-order valence-electron chi connectivity index (χ1n) is 6.97. The lowest BCUT2D eigenvalue weighted by molar-refractivity contribution is -0.500. The summed E-state index contributed by atoms with van der Waals surface area (Å²) in [4.78, 5) is 36.5. The number of hydrogen-bond donors (Lipinski definition) is 0. The highest BCUT2D eigenvalue weighted by atomic mass is 16.6. The van der Waals surface area contributed by atoms with Crippen LogP contribution in [-0.4, -0.2) is 22.5 Å². The summed E-state index contributed by atoms with van der Waals surface area (Å²) >= 11 is 0. The molecule has 5 heteroatoms. The van der Waals surface area contributed by atoms with Crippen LogP contribution in [0.1, 0.15) is 32.2 Å². The molecule has 0 bridgehead atoms. The SMILES string of the molecule is O=C1c2ccccc2C(=O)C12[C@H](c1ccccc1)[C@H]2[N+](=O)[O-]. The molecule has 22 heavy (non-hydrogen) atoms. The summed E-state index contributed by atoms with van der Waals surface area (Å²) in [6.07, 6.45) is 0. The number of carbonyl (C=O) groups excluding carboxylic acids is 2. The standard InChI is InChI=1S/C17H11NO4/c19-15-11-8-4-5-9-12(11)16(20)17(15)13(14(17)18(21)22)10-6-2-1-3-7-10/h1-9,13-14H/t13-,14-/m1/s1. The number of nitrogens with zero attached hydrogens (tertiary/aromatic N) is 1. The number of fused-ring (bicyclic) bond motifs is 1. The van der Waals surface area contributed by atoms with Crippen LogP contribution in [0.15, 0.2) is 54.6 Å². The van der Waals surface area contributed by atoms with Crippen LogP contribution in [-0.2, 0) is 0 Å². The molecule has 108 valence electrons. The molecule has 0 amide bonds. The molecule has 2 atom stereocenters. The molecule has 0 aromatic heterocycles. The maximum absolute atomic E-state index is 12.8. The third kappa shape index (κ3) is 1.33. The molecule has 2 aromatic rings. The van der Waals surface area contributed by atoms with Gasteiger partial charge in [0.05, 0.1) is 5.92 Å². The topological polar surface area (TPSA) is 77.3 Å². The van der Waals surface area contributed by atoms with Gasteiger partial charge in [-0.2, -0.15) is 0 Å². The van der Waals surface area contributed by atoms with Crippen molar-refractivity contribution in [2.45, 2.75) is 12.0 Å². The van der Waals surface area contributed by atoms with E-state index in [-0.39, 0.29) is 0 Å². The van der Waals surface area contributed by atoms with Gasteiger partial charge in [0.15, 0.2) is 17.0 Å². The molecule has 5 nitrogen and oxygen atoms in total. The van der Waals surface area contributed by atoms with E-state index in [9.17, 15) is 19.7 Å². The second-order valence-corrected chi connectivity index (χ2v) is 5.69. The van der Waals surface area contributed by atoms with E-state index in [1.165, 1.54) is 0 Å². The van der Waals surface area contributed by atoms with Gasteiger partial charge in [-0.25, -0.2) is 0 Å². The summed E-state index contributed by atoms with van der Waals surface area (Å²) < 4.78 is 0. The molecule has 0 radical (unpaired) electrons. The maximum atomic E-state index is 12.8. The van der Waals surface area contributed by atoms with Gasteiger partial charge < -0.3 is 0 Å². The highest BCUT2D eigenvalue weighted by Crippen LogP contribution is 2.66. The zero-order chi connectivity index (χ0) is 15.5. The van der Waals surface area contributed by atoms with Gasteiger partial charge in [0, 0.05) is 16.1 Å². The summed E-state index contributed by atoms with van der Waals surface area (Å²) in [6.45, 7) is 0. The Hall–Kier alpha value is -2.82. The monoisotopic (exact) mass is 293 g/mol. The van der Waals surface area contributed by atoms with Crippen LogP contribution < -0.4 is 0 Å². The van der Waals surface area contributed by atoms with Gasteiger partial charge in [0.2, 0.25) is 6.04 Å². The smallest absolute Gasteiger partial charge is 0.242 e. The van der Waals surface area contributed by atoms with Gasteiger partial charge in [-0.05, 0) is 5.56 Å². The molecular weight excluding hydrogens is 282 g/mol. The molecule has 0 N–H and O–H groups in total. The van der Waals surface area contributed by atoms with E-state index in [1.54, 1.807) is 54.6 Å². The molecule has 0 saturated heterocycles. The second-order valence-electron chi connectivity index (χ2n) is 5.69. The van der Waals surface area contributed by atoms with Gasteiger partial charge in [0.25, 0.3) is 0 Å². The number of ketones is 2. The molecule has 1 spiro atoms. The summed E-state index contributed by atoms with van der Waals surface area (Å²) in [5.41, 5.74) is -0.275. The number of carbonyl (C=O) groups is 2. The number of nitro groups is 1. The Labute approximate surface area is 125 Å². The predicted octanol–water partition coefficient (Wildman–Crippen LogP) is 2.49. The molecule has 2 aromatic carbocycles. The molecule has 4 rings (SSSR count). The average molecular weight is 293 g/mol. The van der Waals surface area contributed by atoms with Crippen LogP contribution in [0.4, 0.5) is 0 Å². The Balaban J connectivity index is 1.90. The highest BCUT2D eigenvalue weighted by molar-refractivity contribution is 6.33. The van der Waals surface area contributed by atoms with Crippen molar-refractivity contribution in [1.82, 2.24) is 0 Å². The highest BCUT2D eigenvalue weighted by Gasteiger charge is 2.84. The quantitative estimate of drug-likeness (QED) is 0.484. The van der Waals surface area contributed by atoms with E-state index >= 15 is 0 Å². The Morgan fingerprint density at radius 2 is 1.36 bits per heavy atom. The van der Waals surface area contributed by atoms with E-state index < -0.39 is 33.9 Å². The predicted molar refractivity (Wildman–Crippen MR) is 77.5 cm³/mol. The number of rotatable bonds is 2. The van der Waals surface area contributed by atoms with Gasteiger partial charge in [0.1, 0.15) is 0 Å². The Kier molecular flexibility index (Phi) is 2.40. The number of hydrogen-bond acceptors (Lipinski definition) is 4. The average Bonchev–Trinajstić information content (AvgIpc) is 3.20. The van der Waals surface area contributed by atoms with Gasteiger partial charge in [-0.3, -0.25) is 19.7 Å². The van der Waals surface area contributed by atoms with Gasteiger partial charge >= 0.3 is 0 Å². The van der Waals surface area contributed by atoms with E-state index in [0.29, 0.717) is 16.7 Å². The van der Waals surface area contributed by atoms with E-state index in [4.69, 9.17) is 0 Å². The minimum atomic E-state index is -1.55. The third-order valence-corrected chi connectivity index (χ3v) is 4.72. The number of Topliss-reactive ketones (excluding diaryl/α,β-unsaturated/α-hetero) is 2. The molecule has 1 saturated carbocycles. The van der Waals surface area contributed by atoms with Crippen molar-refractivity contribution < 1.29 is 14.5 Å². The molecule has 2 aliphatic rings. The first kappa shape index (κ1) is 12.9. The maximum Gasteiger partial charge on any atom is 0.242 e. The normalized spacial score (nSPS) is 24.4. The lowest BCUT2D eigenvalue weighted by Crippen LogP contribution is -2.25. The van der Waals surface area contributed by atoms with Crippen molar-refractivity contribution in [3.63, 3.8) is 0 Å². The van der Waals surface area contributed by atoms with Gasteiger partial charge in [-0.1, -0.05) is 54.6 Å². The molecule has 0 heterocycles. The Morgan fingerprint density at radius 1 is 0.864 bits per heavy atom. The first-order valence-corrected chi connectivity index (χ1v) is 6.97. The van der Waals surface area contributed by atoms with E-state index in [1.807, 2.05) is 0 Å². The summed E-state index contributed by atoms with van der Waals surface area (Å²) in [6, 6.07) is 14.1. The van der Waals surface area contributed by atoms with Crippen molar-refractivity contribution in [3.05, 3.63) is 81.4 Å². The van der Waals surface area contributed by atoms with E-state index in [2.05, 4.69) is 0 Å². The zero-order valence-corrected chi connectivity index (χ0v) is 11.4. The van der Waals surface area contributed by atoms with Gasteiger partial charge in [-0.15, -0.1) is 0 Å². The zero-order valence-electron chi connectivity index (χ0n) is 11.4. The molecule has 0 aliphatic heterocycles. The molecule has 1 fully saturated rings. The third-order valence-electron chi connectivity index (χ3n) is 4.72. The first-order chi connectivity index (χ1) is 10.6. The van der Waals surface area contributed by atoms with Crippen molar-refractivity contribution in [2.24, 2.45) is 5.41 Å². The summed E-state index contributed by atoms with van der Waals surface area (Å²) in [7, 11) is 0. The van der Waals surface area contributed by atoms with Crippen LogP contribution in [0.25, 0.3) is 0 Å². The fourth-order valence-corrected chi connectivity index (χ4v) is 3.74. The number of benzene rings is 2.